The minimum atomic E-state index is -5.08. The summed E-state index contributed by atoms with van der Waals surface area (Å²) in [5.41, 5.74) is -3.58. The Kier molecular flexibility index (Phi) is 4.98. The van der Waals surface area contributed by atoms with Gasteiger partial charge in [-0.15, -0.1) is 0 Å². The largest absolute Gasteiger partial charge is 0.435 e. The SMILES string of the molecule is CC(c1c(C(F)(F)F)nn(C)c1OC(F)F)S(=O)(=O)C1=NOC(C)(C)C1. The van der Waals surface area contributed by atoms with Gasteiger partial charge in [-0.2, -0.15) is 27.1 Å². The number of ether oxygens (including phenoxy) is 1. The standard InChI is InChI=1S/C13H16F5N3O4S/c1-6(26(22,23)7-5-12(2,3)25-20-7)8-9(13(16,17)18)19-21(4)10(8)24-11(14)15/h6,11H,5H2,1-4H3. The number of halogens is 5. The molecule has 0 bridgehead atoms. The molecule has 7 nitrogen and oxygen atoms in total. The molecule has 2 heterocycles. The van der Waals surface area contributed by atoms with E-state index in [1.165, 1.54) is 0 Å². The molecular weight excluding hydrogens is 389 g/mol. The van der Waals surface area contributed by atoms with Crippen LogP contribution in [-0.4, -0.2) is 35.5 Å². The Balaban J connectivity index is 2.59. The van der Waals surface area contributed by atoms with Crippen molar-refractivity contribution in [2.45, 2.75) is 50.8 Å². The molecule has 26 heavy (non-hydrogen) atoms. The average molecular weight is 405 g/mol. The number of aromatic nitrogens is 2. The number of rotatable bonds is 4. The van der Waals surface area contributed by atoms with Crippen LogP contribution in [0.2, 0.25) is 0 Å². The first kappa shape index (κ1) is 20.4. The first-order valence-electron chi connectivity index (χ1n) is 7.24. The van der Waals surface area contributed by atoms with Gasteiger partial charge < -0.3 is 9.57 Å². The van der Waals surface area contributed by atoms with E-state index in [9.17, 15) is 30.4 Å². The van der Waals surface area contributed by atoms with E-state index in [-0.39, 0.29) is 6.42 Å². The zero-order chi connectivity index (χ0) is 20.1. The highest BCUT2D eigenvalue weighted by Crippen LogP contribution is 2.43. The number of sulfone groups is 1. The second-order valence-electron chi connectivity index (χ2n) is 6.27. The Hall–Kier alpha value is -1.92. The summed E-state index contributed by atoms with van der Waals surface area (Å²) in [5.74, 6) is -0.984. The van der Waals surface area contributed by atoms with Crippen LogP contribution in [0.4, 0.5) is 22.0 Å². The first-order chi connectivity index (χ1) is 11.7. The van der Waals surface area contributed by atoms with Crippen LogP contribution in [0.5, 0.6) is 5.88 Å². The summed E-state index contributed by atoms with van der Waals surface area (Å²) in [6, 6.07) is 0. The van der Waals surface area contributed by atoms with Gasteiger partial charge in [0.1, 0.15) is 5.60 Å². The van der Waals surface area contributed by atoms with E-state index in [2.05, 4.69) is 15.0 Å². The van der Waals surface area contributed by atoms with Crippen LogP contribution < -0.4 is 4.74 Å². The van der Waals surface area contributed by atoms with Gasteiger partial charge in [0.15, 0.2) is 10.7 Å². The lowest BCUT2D eigenvalue weighted by Crippen LogP contribution is -2.26. The molecule has 0 saturated heterocycles. The van der Waals surface area contributed by atoms with Gasteiger partial charge in [-0.25, -0.2) is 13.1 Å². The van der Waals surface area contributed by atoms with Crippen molar-refractivity contribution < 1.29 is 39.9 Å². The summed E-state index contributed by atoms with van der Waals surface area (Å²) in [7, 11) is -3.50. The highest BCUT2D eigenvalue weighted by molar-refractivity contribution is 8.06. The molecule has 1 atom stereocenters. The Morgan fingerprint density at radius 1 is 1.31 bits per heavy atom. The van der Waals surface area contributed by atoms with Crippen LogP contribution in [0.25, 0.3) is 0 Å². The Morgan fingerprint density at radius 3 is 2.31 bits per heavy atom. The molecule has 1 aromatic rings. The van der Waals surface area contributed by atoms with Crippen LogP contribution in [0.3, 0.4) is 0 Å². The molecule has 1 aliphatic heterocycles. The van der Waals surface area contributed by atoms with Crippen LogP contribution in [0, 0.1) is 0 Å². The molecule has 0 aromatic carbocycles. The number of hydrogen-bond donors (Lipinski definition) is 0. The number of nitrogens with zero attached hydrogens (tertiary/aromatic N) is 3. The fourth-order valence-electron chi connectivity index (χ4n) is 2.44. The summed E-state index contributed by atoms with van der Waals surface area (Å²) in [4.78, 5) is 4.94. The third-order valence-electron chi connectivity index (χ3n) is 3.67. The van der Waals surface area contributed by atoms with Crippen LogP contribution >= 0.6 is 0 Å². The van der Waals surface area contributed by atoms with Gasteiger partial charge in [0.05, 0.1) is 10.8 Å². The summed E-state index contributed by atoms with van der Waals surface area (Å²) >= 11 is 0. The lowest BCUT2D eigenvalue weighted by atomic mass is 10.1. The molecule has 2 rings (SSSR count). The van der Waals surface area contributed by atoms with Gasteiger partial charge in [-0.05, 0) is 20.8 Å². The van der Waals surface area contributed by atoms with E-state index in [1.807, 2.05) is 0 Å². The van der Waals surface area contributed by atoms with Gasteiger partial charge in [0.25, 0.3) is 0 Å². The smallest absolute Gasteiger partial charge is 0.417 e. The van der Waals surface area contributed by atoms with Crippen LogP contribution in [-0.2, 0) is 27.9 Å². The van der Waals surface area contributed by atoms with Crippen molar-refractivity contribution in [2.24, 2.45) is 12.2 Å². The predicted octanol–water partition coefficient (Wildman–Crippen LogP) is 3.03. The van der Waals surface area contributed by atoms with Crippen molar-refractivity contribution in [3.05, 3.63) is 11.3 Å². The van der Waals surface area contributed by atoms with E-state index in [4.69, 9.17) is 4.84 Å². The lowest BCUT2D eigenvalue weighted by molar-refractivity contribution is -0.142. The third kappa shape index (κ3) is 3.76. The minimum Gasteiger partial charge on any atom is -0.417 e. The summed E-state index contributed by atoms with van der Waals surface area (Å²) in [6.45, 7) is 0.542. The fourth-order valence-corrected chi connectivity index (χ4v) is 4.06. The molecule has 148 valence electrons. The van der Waals surface area contributed by atoms with Crippen molar-refractivity contribution in [1.82, 2.24) is 9.78 Å². The molecular formula is C13H16F5N3O4S. The number of hydrogen-bond acceptors (Lipinski definition) is 6. The van der Waals surface area contributed by atoms with E-state index >= 15 is 0 Å². The molecule has 1 unspecified atom stereocenters. The summed E-state index contributed by atoms with van der Waals surface area (Å²) in [5, 5.41) is 4.18. The van der Waals surface area contributed by atoms with Gasteiger partial charge in [-0.3, -0.25) is 0 Å². The monoisotopic (exact) mass is 405 g/mol. The quantitative estimate of drug-likeness (QED) is 0.720. The highest BCUT2D eigenvalue weighted by atomic mass is 32.2. The zero-order valence-corrected chi connectivity index (χ0v) is 15.0. The zero-order valence-electron chi connectivity index (χ0n) is 14.1. The molecule has 0 fully saturated rings. The predicted molar refractivity (Wildman–Crippen MR) is 79.4 cm³/mol. The van der Waals surface area contributed by atoms with Gasteiger partial charge in [0, 0.05) is 13.5 Å². The number of aryl methyl sites for hydroxylation is 1. The van der Waals surface area contributed by atoms with Crippen molar-refractivity contribution in [3.63, 3.8) is 0 Å². The summed E-state index contributed by atoms with van der Waals surface area (Å²) < 4.78 is 94.9. The Bertz CT molecular complexity index is 830. The van der Waals surface area contributed by atoms with Crippen molar-refractivity contribution in [3.8, 4) is 5.88 Å². The number of alkyl halides is 5. The maximum absolute atomic E-state index is 13.3. The highest BCUT2D eigenvalue weighted by Gasteiger charge is 2.47. The second kappa shape index (κ2) is 6.35. The van der Waals surface area contributed by atoms with Crippen molar-refractivity contribution >= 4 is 14.9 Å². The van der Waals surface area contributed by atoms with Crippen LogP contribution in [0.1, 0.15) is 43.7 Å². The average Bonchev–Trinajstić information content (AvgIpc) is 2.98. The fraction of sp³-hybridized carbons (Fsp3) is 0.692. The van der Waals surface area contributed by atoms with E-state index in [0.29, 0.717) is 4.68 Å². The molecule has 13 heteroatoms. The normalized spacial score (nSPS) is 18.6. The first-order valence-corrected chi connectivity index (χ1v) is 8.79. The van der Waals surface area contributed by atoms with Crippen molar-refractivity contribution in [2.75, 3.05) is 0 Å². The molecule has 0 radical (unpaired) electrons. The topological polar surface area (TPSA) is 82.8 Å². The van der Waals surface area contributed by atoms with Gasteiger partial charge >= 0.3 is 12.8 Å². The number of oxime groups is 1. The Morgan fingerprint density at radius 2 is 1.88 bits per heavy atom. The molecule has 1 aliphatic rings. The molecule has 0 N–H and O–H groups in total. The Labute approximate surface area is 145 Å². The second-order valence-corrected chi connectivity index (χ2v) is 8.54. The molecule has 0 aliphatic carbocycles. The van der Waals surface area contributed by atoms with E-state index < -0.39 is 55.7 Å². The summed E-state index contributed by atoms with van der Waals surface area (Å²) in [6.07, 6.45) is -5.25. The maximum atomic E-state index is 13.3. The van der Waals surface area contributed by atoms with Crippen LogP contribution in [0.15, 0.2) is 5.16 Å². The molecule has 0 saturated carbocycles. The maximum Gasteiger partial charge on any atom is 0.435 e. The van der Waals surface area contributed by atoms with Gasteiger partial charge in [0.2, 0.25) is 15.7 Å². The van der Waals surface area contributed by atoms with E-state index in [0.717, 1.165) is 14.0 Å². The minimum absolute atomic E-state index is 0.174. The van der Waals surface area contributed by atoms with Crippen molar-refractivity contribution in [1.29, 1.82) is 0 Å². The molecule has 0 amide bonds. The third-order valence-corrected chi connectivity index (χ3v) is 5.71. The molecule has 0 spiro atoms. The van der Waals surface area contributed by atoms with Gasteiger partial charge in [-0.1, -0.05) is 5.16 Å². The van der Waals surface area contributed by atoms with E-state index in [1.54, 1.807) is 13.8 Å². The molecule has 1 aromatic heterocycles. The lowest BCUT2D eigenvalue weighted by Gasteiger charge is -2.17.